The summed E-state index contributed by atoms with van der Waals surface area (Å²) in [4.78, 5) is 0. The fraction of sp³-hybridized carbons (Fsp3) is 1.00. The Hall–Kier alpha value is -0.360. The van der Waals surface area contributed by atoms with Gasteiger partial charge in [0.2, 0.25) is 0 Å². The first kappa shape index (κ1) is 27.5. The Morgan fingerprint density at radius 1 is 0.478 bits per heavy atom. The molecule has 0 aliphatic heterocycles. The van der Waals surface area contributed by atoms with E-state index in [1.54, 1.807) is 0 Å². The predicted molar refractivity (Wildman–Crippen MR) is 83.5 cm³/mol. The van der Waals surface area contributed by atoms with E-state index < -0.39 is 6.10 Å². The second-order valence-corrected chi connectivity index (χ2v) is 4.86. The molecule has 0 rings (SSSR count). The second-order valence-electron chi connectivity index (χ2n) is 4.86. The van der Waals surface area contributed by atoms with Crippen molar-refractivity contribution in [2.45, 2.75) is 25.4 Å². The van der Waals surface area contributed by atoms with Crippen LogP contribution in [0.1, 0.15) is 19.3 Å². The molecule has 0 heterocycles. The summed E-state index contributed by atoms with van der Waals surface area (Å²) in [5, 5.41) is 74.4. The molecule has 0 spiro atoms. The number of hydrogen-bond acceptors (Lipinski definition) is 9. The van der Waals surface area contributed by atoms with Crippen LogP contribution in [0.3, 0.4) is 0 Å². The van der Waals surface area contributed by atoms with Crippen LogP contribution in [0.2, 0.25) is 0 Å². The second kappa shape index (κ2) is 23.9. The Labute approximate surface area is 137 Å². The summed E-state index contributed by atoms with van der Waals surface area (Å²) < 4.78 is 0. The van der Waals surface area contributed by atoms with Crippen LogP contribution in [0.25, 0.3) is 0 Å². The third-order valence-corrected chi connectivity index (χ3v) is 2.76. The van der Waals surface area contributed by atoms with Crippen LogP contribution in [-0.2, 0) is 0 Å². The number of aliphatic hydroxyl groups excluding tert-OH is 9. The van der Waals surface area contributed by atoms with Crippen LogP contribution in [0, 0.1) is 11.8 Å². The van der Waals surface area contributed by atoms with Crippen LogP contribution in [0.15, 0.2) is 0 Å². The minimum Gasteiger partial charge on any atom is -0.396 e. The zero-order valence-corrected chi connectivity index (χ0v) is 13.5. The van der Waals surface area contributed by atoms with Gasteiger partial charge in [0.25, 0.3) is 0 Å². The molecule has 0 unspecified atom stereocenters. The van der Waals surface area contributed by atoms with Crippen molar-refractivity contribution in [3.8, 4) is 0 Å². The van der Waals surface area contributed by atoms with E-state index in [4.69, 9.17) is 46.0 Å². The summed E-state index contributed by atoms with van der Waals surface area (Å²) in [5.41, 5.74) is 0. The molecule has 0 fully saturated rings. The highest BCUT2D eigenvalue weighted by atomic mass is 16.3. The Morgan fingerprint density at radius 3 is 1.04 bits per heavy atom. The Morgan fingerprint density at radius 2 is 0.870 bits per heavy atom. The van der Waals surface area contributed by atoms with Gasteiger partial charge in [-0.15, -0.1) is 0 Å². The third-order valence-electron chi connectivity index (χ3n) is 2.76. The minimum absolute atomic E-state index is 0.0104. The van der Waals surface area contributed by atoms with E-state index in [1.807, 2.05) is 0 Å². The summed E-state index contributed by atoms with van der Waals surface area (Å²) in [6.45, 7) is -0.629. The fourth-order valence-corrected chi connectivity index (χ4v) is 1.10. The lowest BCUT2D eigenvalue weighted by Gasteiger charge is -2.07. The van der Waals surface area contributed by atoms with Crippen molar-refractivity contribution >= 4 is 0 Å². The lowest BCUT2D eigenvalue weighted by atomic mass is 10.1. The first-order chi connectivity index (χ1) is 11.0. The monoisotopic (exact) mass is 346 g/mol. The highest BCUT2D eigenvalue weighted by molar-refractivity contribution is 4.54. The first-order valence-electron chi connectivity index (χ1n) is 7.55. The van der Waals surface area contributed by atoms with E-state index in [2.05, 4.69) is 0 Å². The van der Waals surface area contributed by atoms with Gasteiger partial charge in [-0.2, -0.15) is 0 Å². The van der Waals surface area contributed by atoms with Gasteiger partial charge in [0, 0.05) is 51.5 Å². The van der Waals surface area contributed by atoms with Gasteiger partial charge in [-0.1, -0.05) is 0 Å². The molecule has 0 aliphatic carbocycles. The van der Waals surface area contributed by atoms with Gasteiger partial charge in [0.1, 0.15) is 6.10 Å². The Balaban J connectivity index is -0.000000266. The highest BCUT2D eigenvalue weighted by Gasteiger charge is 2.03. The van der Waals surface area contributed by atoms with Crippen LogP contribution >= 0.6 is 0 Å². The molecule has 0 aromatic rings. The maximum Gasteiger partial charge on any atom is 0.100 e. The topological polar surface area (TPSA) is 182 Å². The molecule has 0 aromatic heterocycles. The molecule has 0 bridgehead atoms. The molecule has 0 saturated carbocycles. The Kier molecular flexibility index (Phi) is 28.6. The van der Waals surface area contributed by atoms with Gasteiger partial charge < -0.3 is 46.0 Å². The highest BCUT2D eigenvalue weighted by Crippen LogP contribution is 2.02. The van der Waals surface area contributed by atoms with Crippen LogP contribution in [0.4, 0.5) is 0 Å². The van der Waals surface area contributed by atoms with Crippen LogP contribution in [0.5, 0.6) is 0 Å². The lowest BCUT2D eigenvalue weighted by Crippen LogP contribution is -2.15. The fourth-order valence-electron chi connectivity index (χ4n) is 1.10. The molecule has 9 heteroatoms. The normalized spacial score (nSPS) is 10.4. The molecule has 9 nitrogen and oxygen atoms in total. The van der Waals surface area contributed by atoms with Crippen molar-refractivity contribution in [1.29, 1.82) is 0 Å². The van der Waals surface area contributed by atoms with Gasteiger partial charge in [-0.25, -0.2) is 0 Å². The maximum absolute atomic E-state index is 8.51. The van der Waals surface area contributed by atoms with E-state index in [-0.39, 0.29) is 64.7 Å². The standard InChI is InChI=1S/C6H14O3.C5H12O3.C3H8O3/c7-3-1-2-6(4-8)5-9;6-2-1-5(3-7)4-8;4-1-3(6)2-5/h6-9H,1-5H2;5-8H,1-4H2;3-6H,1-2H2. The first-order valence-corrected chi connectivity index (χ1v) is 7.55. The van der Waals surface area contributed by atoms with Crippen LogP contribution < -0.4 is 0 Å². The van der Waals surface area contributed by atoms with Gasteiger partial charge in [0.05, 0.1) is 13.2 Å². The predicted octanol–water partition coefficient (Wildman–Crippen LogP) is -3.34. The molecular formula is C14H34O9. The summed E-state index contributed by atoms with van der Waals surface area (Å²) in [6.07, 6.45) is 0.882. The summed E-state index contributed by atoms with van der Waals surface area (Å²) in [6, 6.07) is 0. The van der Waals surface area contributed by atoms with Crippen molar-refractivity contribution in [2.24, 2.45) is 11.8 Å². The summed E-state index contributed by atoms with van der Waals surface area (Å²) in [7, 11) is 0. The number of rotatable bonds is 11. The minimum atomic E-state index is -0.954. The average molecular weight is 346 g/mol. The largest absolute Gasteiger partial charge is 0.396 e. The average Bonchev–Trinajstić information content (AvgIpc) is 2.61. The van der Waals surface area contributed by atoms with Gasteiger partial charge in [-0.05, 0) is 19.3 Å². The zero-order valence-electron chi connectivity index (χ0n) is 13.5. The van der Waals surface area contributed by atoms with Crippen molar-refractivity contribution in [2.75, 3.05) is 52.9 Å². The quantitative estimate of drug-likeness (QED) is 0.185. The van der Waals surface area contributed by atoms with Gasteiger partial charge >= 0.3 is 0 Å². The van der Waals surface area contributed by atoms with Gasteiger partial charge in [0.15, 0.2) is 0 Å². The molecule has 0 aromatic carbocycles. The molecule has 0 saturated heterocycles. The van der Waals surface area contributed by atoms with E-state index in [9.17, 15) is 0 Å². The van der Waals surface area contributed by atoms with Crippen molar-refractivity contribution in [3.05, 3.63) is 0 Å². The third kappa shape index (κ3) is 24.0. The molecule has 144 valence electrons. The van der Waals surface area contributed by atoms with Gasteiger partial charge in [-0.3, -0.25) is 0 Å². The molecule has 0 aliphatic rings. The molecule has 9 N–H and O–H groups in total. The molecule has 0 radical (unpaired) electrons. The summed E-state index contributed by atoms with van der Waals surface area (Å²) >= 11 is 0. The Bertz CT molecular complexity index is 183. The maximum atomic E-state index is 8.51. The molecule has 0 amide bonds. The van der Waals surface area contributed by atoms with Crippen molar-refractivity contribution in [1.82, 2.24) is 0 Å². The molecule has 0 atom stereocenters. The van der Waals surface area contributed by atoms with E-state index in [0.717, 1.165) is 0 Å². The van der Waals surface area contributed by atoms with Crippen molar-refractivity contribution in [3.63, 3.8) is 0 Å². The van der Waals surface area contributed by atoms with E-state index in [1.165, 1.54) is 0 Å². The lowest BCUT2D eigenvalue weighted by molar-refractivity contribution is 0.0450. The SMILES string of the molecule is OCC(O)CO.OCCC(CO)CO.OCCCC(CO)CO. The number of hydrogen-bond donors (Lipinski definition) is 9. The van der Waals surface area contributed by atoms with Crippen LogP contribution in [-0.4, -0.2) is 105 Å². The van der Waals surface area contributed by atoms with E-state index in [0.29, 0.717) is 19.3 Å². The molecule has 23 heavy (non-hydrogen) atoms. The number of aliphatic hydroxyl groups is 9. The summed E-state index contributed by atoms with van der Waals surface area (Å²) in [5.74, 6) is -0.183. The van der Waals surface area contributed by atoms with E-state index >= 15 is 0 Å². The zero-order chi connectivity index (χ0) is 18.5. The van der Waals surface area contributed by atoms with Crippen molar-refractivity contribution < 1.29 is 46.0 Å². The smallest absolute Gasteiger partial charge is 0.100 e. The molecular weight excluding hydrogens is 312 g/mol.